The molecular formula is C8H18N2. The van der Waals surface area contributed by atoms with Gasteiger partial charge in [0.15, 0.2) is 0 Å². The Bertz CT molecular complexity index is 93.4. The number of nitrogens with two attached hydrogens (primary N) is 1. The van der Waals surface area contributed by atoms with Crippen molar-refractivity contribution in [2.75, 3.05) is 0 Å². The van der Waals surface area contributed by atoms with Gasteiger partial charge in [-0.1, -0.05) is 13.8 Å². The average Bonchev–Trinajstić information content (AvgIpc) is 1.85. The van der Waals surface area contributed by atoms with Gasteiger partial charge in [-0.3, -0.25) is 11.3 Å². The molecule has 10 heavy (non-hydrogen) atoms. The maximum Gasteiger partial charge on any atom is 0.0215 e. The minimum atomic E-state index is 0.568. The van der Waals surface area contributed by atoms with Crippen molar-refractivity contribution in [1.82, 2.24) is 5.43 Å². The molecule has 1 aliphatic rings. The summed E-state index contributed by atoms with van der Waals surface area (Å²) < 4.78 is 0. The van der Waals surface area contributed by atoms with E-state index in [0.29, 0.717) is 6.04 Å². The van der Waals surface area contributed by atoms with Crippen LogP contribution in [-0.2, 0) is 0 Å². The molecule has 1 unspecified atom stereocenters. The van der Waals surface area contributed by atoms with Crippen molar-refractivity contribution in [2.45, 2.75) is 39.2 Å². The molecule has 1 fully saturated rings. The summed E-state index contributed by atoms with van der Waals surface area (Å²) in [6.07, 6.45) is 3.87. The fourth-order valence-corrected chi connectivity index (χ4v) is 2.08. The first-order valence-electron chi connectivity index (χ1n) is 4.18. The lowest BCUT2D eigenvalue weighted by atomic mass is 9.81. The predicted molar refractivity (Wildman–Crippen MR) is 43.3 cm³/mol. The Morgan fingerprint density at radius 1 is 1.10 bits per heavy atom. The van der Waals surface area contributed by atoms with Crippen LogP contribution in [0.15, 0.2) is 0 Å². The minimum Gasteiger partial charge on any atom is -0.271 e. The van der Waals surface area contributed by atoms with Crippen LogP contribution in [0.3, 0.4) is 0 Å². The maximum absolute atomic E-state index is 5.38. The van der Waals surface area contributed by atoms with Crippen molar-refractivity contribution in [3.05, 3.63) is 0 Å². The van der Waals surface area contributed by atoms with Gasteiger partial charge in [-0.15, -0.1) is 0 Å². The van der Waals surface area contributed by atoms with Crippen LogP contribution in [0.25, 0.3) is 0 Å². The Morgan fingerprint density at radius 3 is 2.00 bits per heavy atom. The van der Waals surface area contributed by atoms with Crippen LogP contribution >= 0.6 is 0 Å². The minimum absolute atomic E-state index is 0.568. The molecule has 0 saturated heterocycles. The highest BCUT2D eigenvalue weighted by Gasteiger charge is 2.22. The van der Waals surface area contributed by atoms with Crippen LogP contribution in [0.1, 0.15) is 33.1 Å². The second kappa shape index (κ2) is 3.35. The second-order valence-corrected chi connectivity index (χ2v) is 3.78. The molecule has 1 saturated carbocycles. The Balaban J connectivity index is 2.35. The van der Waals surface area contributed by atoms with E-state index in [2.05, 4.69) is 19.3 Å². The average molecular weight is 142 g/mol. The lowest BCUT2D eigenvalue weighted by Gasteiger charge is -2.30. The third kappa shape index (κ3) is 1.96. The molecular weight excluding hydrogens is 124 g/mol. The van der Waals surface area contributed by atoms with E-state index in [-0.39, 0.29) is 0 Å². The lowest BCUT2D eigenvalue weighted by molar-refractivity contribution is 0.240. The lowest BCUT2D eigenvalue weighted by Crippen LogP contribution is -2.40. The number of hydrogen-bond donors (Lipinski definition) is 2. The number of hydrogen-bond acceptors (Lipinski definition) is 2. The molecule has 60 valence electrons. The SMILES string of the molecule is C[C@@H]1CC(NN)C[C@H](C)C1. The Kier molecular flexibility index (Phi) is 2.69. The molecule has 2 heteroatoms. The van der Waals surface area contributed by atoms with E-state index >= 15 is 0 Å². The fourth-order valence-electron chi connectivity index (χ4n) is 2.08. The zero-order valence-electron chi connectivity index (χ0n) is 6.93. The van der Waals surface area contributed by atoms with Crippen molar-refractivity contribution in [3.8, 4) is 0 Å². The first-order valence-corrected chi connectivity index (χ1v) is 4.18. The molecule has 2 nitrogen and oxygen atoms in total. The summed E-state index contributed by atoms with van der Waals surface area (Å²) in [4.78, 5) is 0. The zero-order chi connectivity index (χ0) is 7.56. The normalized spacial score (nSPS) is 41.7. The molecule has 0 radical (unpaired) electrons. The molecule has 1 rings (SSSR count). The molecule has 0 aromatic rings. The topological polar surface area (TPSA) is 38.0 Å². The van der Waals surface area contributed by atoms with Gasteiger partial charge in [-0.2, -0.15) is 0 Å². The van der Waals surface area contributed by atoms with Crippen LogP contribution in [0.4, 0.5) is 0 Å². The van der Waals surface area contributed by atoms with Crippen molar-refractivity contribution >= 4 is 0 Å². The van der Waals surface area contributed by atoms with E-state index in [1.807, 2.05) is 0 Å². The van der Waals surface area contributed by atoms with Gasteiger partial charge in [0.25, 0.3) is 0 Å². The van der Waals surface area contributed by atoms with E-state index in [4.69, 9.17) is 5.84 Å². The highest BCUT2D eigenvalue weighted by Crippen LogP contribution is 2.27. The standard InChI is InChI=1S/C8H18N2/c1-6-3-7(2)5-8(4-6)10-9/h6-8,10H,3-5,9H2,1-2H3/t6-,7+,8?. The molecule has 0 bridgehead atoms. The molecule has 0 heterocycles. The van der Waals surface area contributed by atoms with Gasteiger partial charge in [0.05, 0.1) is 0 Å². The molecule has 0 aliphatic heterocycles. The van der Waals surface area contributed by atoms with Gasteiger partial charge in [-0.25, -0.2) is 0 Å². The Hall–Kier alpha value is -0.0800. The van der Waals surface area contributed by atoms with Crippen molar-refractivity contribution in [1.29, 1.82) is 0 Å². The van der Waals surface area contributed by atoms with Crippen LogP contribution < -0.4 is 11.3 Å². The van der Waals surface area contributed by atoms with Gasteiger partial charge in [0.2, 0.25) is 0 Å². The van der Waals surface area contributed by atoms with Crippen molar-refractivity contribution < 1.29 is 0 Å². The summed E-state index contributed by atoms with van der Waals surface area (Å²) in [6.45, 7) is 4.61. The van der Waals surface area contributed by atoms with Crippen molar-refractivity contribution in [3.63, 3.8) is 0 Å². The van der Waals surface area contributed by atoms with E-state index in [1.165, 1.54) is 19.3 Å². The van der Waals surface area contributed by atoms with Crippen LogP contribution in [-0.4, -0.2) is 6.04 Å². The monoisotopic (exact) mass is 142 g/mol. The van der Waals surface area contributed by atoms with Crippen LogP contribution in [0, 0.1) is 11.8 Å². The molecule has 0 aromatic carbocycles. The predicted octanol–water partition coefficient (Wildman–Crippen LogP) is 1.27. The summed E-state index contributed by atoms with van der Waals surface area (Å²) in [6, 6.07) is 0.568. The quantitative estimate of drug-likeness (QED) is 0.427. The van der Waals surface area contributed by atoms with E-state index in [1.54, 1.807) is 0 Å². The zero-order valence-corrected chi connectivity index (χ0v) is 6.93. The van der Waals surface area contributed by atoms with Gasteiger partial charge in [0, 0.05) is 6.04 Å². The molecule has 0 aromatic heterocycles. The number of rotatable bonds is 1. The number of nitrogens with one attached hydrogen (secondary N) is 1. The summed E-state index contributed by atoms with van der Waals surface area (Å²) in [5.74, 6) is 7.08. The molecule has 0 amide bonds. The maximum atomic E-state index is 5.38. The largest absolute Gasteiger partial charge is 0.271 e. The fraction of sp³-hybridized carbons (Fsp3) is 1.00. The second-order valence-electron chi connectivity index (χ2n) is 3.78. The van der Waals surface area contributed by atoms with Gasteiger partial charge in [0.1, 0.15) is 0 Å². The Morgan fingerprint density at radius 2 is 1.60 bits per heavy atom. The van der Waals surface area contributed by atoms with E-state index < -0.39 is 0 Å². The summed E-state index contributed by atoms with van der Waals surface area (Å²) in [5.41, 5.74) is 2.86. The van der Waals surface area contributed by atoms with Crippen molar-refractivity contribution in [2.24, 2.45) is 17.7 Å². The summed E-state index contributed by atoms with van der Waals surface area (Å²) in [5, 5.41) is 0. The molecule has 0 spiro atoms. The van der Waals surface area contributed by atoms with Gasteiger partial charge >= 0.3 is 0 Å². The molecule has 1 aliphatic carbocycles. The highest BCUT2D eigenvalue weighted by atomic mass is 15.2. The first-order chi connectivity index (χ1) is 4.72. The van der Waals surface area contributed by atoms with Crippen LogP contribution in [0.5, 0.6) is 0 Å². The third-order valence-corrected chi connectivity index (χ3v) is 2.41. The Labute approximate surface area is 63.1 Å². The molecule has 3 N–H and O–H groups in total. The molecule has 3 atom stereocenters. The van der Waals surface area contributed by atoms with Gasteiger partial charge in [-0.05, 0) is 31.1 Å². The van der Waals surface area contributed by atoms with Gasteiger partial charge < -0.3 is 0 Å². The van der Waals surface area contributed by atoms with Crippen LogP contribution in [0.2, 0.25) is 0 Å². The number of hydrazine groups is 1. The smallest absolute Gasteiger partial charge is 0.0215 e. The van der Waals surface area contributed by atoms with E-state index in [0.717, 1.165) is 11.8 Å². The summed E-state index contributed by atoms with van der Waals surface area (Å²) in [7, 11) is 0. The highest BCUT2D eigenvalue weighted by molar-refractivity contribution is 4.77. The summed E-state index contributed by atoms with van der Waals surface area (Å²) >= 11 is 0. The third-order valence-electron chi connectivity index (χ3n) is 2.41. The van der Waals surface area contributed by atoms with E-state index in [9.17, 15) is 0 Å². The first kappa shape index (κ1) is 8.02.